The van der Waals surface area contributed by atoms with Crippen molar-refractivity contribution in [3.63, 3.8) is 0 Å². The second kappa shape index (κ2) is 6.35. The number of nitrogens with two attached hydrogens (primary N) is 1. The van der Waals surface area contributed by atoms with E-state index in [1.807, 2.05) is 13.8 Å². The van der Waals surface area contributed by atoms with Gasteiger partial charge < -0.3 is 10.6 Å². The molecule has 0 aliphatic carbocycles. The van der Waals surface area contributed by atoms with E-state index < -0.39 is 12.7 Å². The lowest BCUT2D eigenvalue weighted by Gasteiger charge is -2.44. The molecule has 7 heteroatoms. The topological polar surface area (TPSA) is 49.6 Å². The van der Waals surface area contributed by atoms with Crippen LogP contribution in [0.15, 0.2) is 0 Å². The highest BCUT2D eigenvalue weighted by Crippen LogP contribution is 2.30. The van der Waals surface area contributed by atoms with Crippen LogP contribution in [-0.2, 0) is 4.79 Å². The van der Waals surface area contributed by atoms with Gasteiger partial charge in [-0.05, 0) is 31.2 Å². The number of hydrogen-bond donors (Lipinski definition) is 1. The number of nitrogens with zero attached hydrogens (tertiary/aromatic N) is 2. The van der Waals surface area contributed by atoms with Crippen molar-refractivity contribution in [3.8, 4) is 0 Å². The summed E-state index contributed by atoms with van der Waals surface area (Å²) in [6.45, 7) is 4.97. The monoisotopic (exact) mass is 321 g/mol. The van der Waals surface area contributed by atoms with Gasteiger partial charge in [0.1, 0.15) is 0 Å². The standard InChI is InChI=1S/C15H26F3N3O/c1-14(2)9-21(7-5-12(14)19)13(22)11-4-3-6-20(8-11)10-15(16,17)18/h11-12H,3-10,19H2,1-2H3. The number of carbonyl (C=O) groups excluding carboxylic acids is 1. The molecule has 0 radical (unpaired) electrons. The molecule has 2 rings (SSSR count). The van der Waals surface area contributed by atoms with Crippen LogP contribution in [0.2, 0.25) is 0 Å². The molecule has 2 atom stereocenters. The van der Waals surface area contributed by atoms with Gasteiger partial charge in [0.15, 0.2) is 0 Å². The van der Waals surface area contributed by atoms with Crippen molar-refractivity contribution < 1.29 is 18.0 Å². The Morgan fingerprint density at radius 1 is 1.27 bits per heavy atom. The molecule has 1 amide bonds. The van der Waals surface area contributed by atoms with E-state index in [2.05, 4.69) is 0 Å². The summed E-state index contributed by atoms with van der Waals surface area (Å²) >= 11 is 0. The van der Waals surface area contributed by atoms with Crippen molar-refractivity contribution in [1.29, 1.82) is 0 Å². The summed E-state index contributed by atoms with van der Waals surface area (Å²) in [7, 11) is 0. The number of halogens is 3. The van der Waals surface area contributed by atoms with E-state index >= 15 is 0 Å². The number of amides is 1. The molecular formula is C15H26F3N3O. The summed E-state index contributed by atoms with van der Waals surface area (Å²) in [6.07, 6.45) is -2.14. The van der Waals surface area contributed by atoms with Crippen molar-refractivity contribution in [2.45, 2.75) is 45.3 Å². The van der Waals surface area contributed by atoms with Gasteiger partial charge in [-0.2, -0.15) is 13.2 Å². The van der Waals surface area contributed by atoms with E-state index in [0.29, 0.717) is 32.5 Å². The van der Waals surface area contributed by atoms with E-state index in [1.54, 1.807) is 4.90 Å². The molecule has 0 saturated carbocycles. The van der Waals surface area contributed by atoms with E-state index in [1.165, 1.54) is 4.90 Å². The number of hydrogen-bond acceptors (Lipinski definition) is 3. The fourth-order valence-corrected chi connectivity index (χ4v) is 3.47. The highest BCUT2D eigenvalue weighted by molar-refractivity contribution is 5.79. The first-order valence-corrected chi connectivity index (χ1v) is 7.92. The zero-order valence-corrected chi connectivity index (χ0v) is 13.3. The molecule has 22 heavy (non-hydrogen) atoms. The summed E-state index contributed by atoms with van der Waals surface area (Å²) in [5.41, 5.74) is 5.93. The molecule has 0 aromatic rings. The molecule has 2 aliphatic heterocycles. The molecular weight excluding hydrogens is 295 g/mol. The largest absolute Gasteiger partial charge is 0.401 e. The predicted molar refractivity (Wildman–Crippen MR) is 78.2 cm³/mol. The van der Waals surface area contributed by atoms with Crippen LogP contribution in [0.4, 0.5) is 13.2 Å². The van der Waals surface area contributed by atoms with Crippen LogP contribution in [0.25, 0.3) is 0 Å². The molecule has 2 N–H and O–H groups in total. The maximum absolute atomic E-state index is 12.6. The van der Waals surface area contributed by atoms with Gasteiger partial charge in [0.05, 0.1) is 12.5 Å². The van der Waals surface area contributed by atoms with Crippen molar-refractivity contribution in [2.75, 3.05) is 32.7 Å². The average Bonchev–Trinajstić information content (AvgIpc) is 2.39. The first-order valence-electron chi connectivity index (χ1n) is 7.92. The third kappa shape index (κ3) is 4.35. The van der Waals surface area contributed by atoms with Crippen LogP contribution < -0.4 is 5.73 Å². The smallest absolute Gasteiger partial charge is 0.342 e. The first-order chi connectivity index (χ1) is 10.1. The highest BCUT2D eigenvalue weighted by atomic mass is 19.4. The van der Waals surface area contributed by atoms with Crippen LogP contribution in [0.3, 0.4) is 0 Å². The van der Waals surface area contributed by atoms with Crippen molar-refractivity contribution in [2.24, 2.45) is 17.1 Å². The summed E-state index contributed by atoms with van der Waals surface area (Å²) < 4.78 is 37.6. The van der Waals surface area contributed by atoms with Crippen molar-refractivity contribution in [3.05, 3.63) is 0 Å². The zero-order chi connectivity index (χ0) is 16.5. The Hall–Kier alpha value is -0.820. The van der Waals surface area contributed by atoms with Crippen molar-refractivity contribution in [1.82, 2.24) is 9.80 Å². The second-order valence-electron chi connectivity index (χ2n) is 7.33. The maximum atomic E-state index is 12.6. The summed E-state index contributed by atoms with van der Waals surface area (Å²) in [6, 6.07) is 0.0598. The van der Waals surface area contributed by atoms with E-state index in [-0.39, 0.29) is 29.8 Å². The van der Waals surface area contributed by atoms with Gasteiger partial charge in [0.2, 0.25) is 5.91 Å². The SMILES string of the molecule is CC1(C)CN(C(=O)C2CCCN(CC(F)(F)F)C2)CCC1N. The molecule has 2 aliphatic rings. The van der Waals surface area contributed by atoms with Gasteiger partial charge in [-0.3, -0.25) is 9.69 Å². The minimum atomic E-state index is -4.20. The van der Waals surface area contributed by atoms with E-state index in [0.717, 1.165) is 6.42 Å². The lowest BCUT2D eigenvalue weighted by atomic mass is 9.79. The van der Waals surface area contributed by atoms with Gasteiger partial charge >= 0.3 is 6.18 Å². The van der Waals surface area contributed by atoms with E-state index in [4.69, 9.17) is 5.73 Å². The van der Waals surface area contributed by atoms with Gasteiger partial charge in [0.25, 0.3) is 0 Å². The number of alkyl halides is 3. The maximum Gasteiger partial charge on any atom is 0.401 e. The number of rotatable bonds is 2. The number of carbonyl (C=O) groups is 1. The first kappa shape index (κ1) is 17.5. The fourth-order valence-electron chi connectivity index (χ4n) is 3.47. The summed E-state index contributed by atoms with van der Waals surface area (Å²) in [5.74, 6) is -0.326. The molecule has 128 valence electrons. The van der Waals surface area contributed by atoms with Gasteiger partial charge in [-0.25, -0.2) is 0 Å². The molecule has 2 fully saturated rings. The van der Waals surface area contributed by atoms with Crippen LogP contribution in [-0.4, -0.2) is 60.6 Å². The summed E-state index contributed by atoms with van der Waals surface area (Å²) in [4.78, 5) is 15.8. The quantitative estimate of drug-likeness (QED) is 0.844. The Kier molecular flexibility index (Phi) is 5.06. The lowest BCUT2D eigenvalue weighted by Crippen LogP contribution is -2.56. The molecule has 2 heterocycles. The van der Waals surface area contributed by atoms with Crippen LogP contribution in [0.1, 0.15) is 33.1 Å². The Labute approximate surface area is 129 Å². The Morgan fingerprint density at radius 3 is 2.55 bits per heavy atom. The zero-order valence-electron chi connectivity index (χ0n) is 13.3. The number of piperidine rings is 2. The molecule has 0 spiro atoms. The van der Waals surface area contributed by atoms with Crippen LogP contribution in [0, 0.1) is 11.3 Å². The minimum Gasteiger partial charge on any atom is -0.342 e. The summed E-state index contributed by atoms with van der Waals surface area (Å²) in [5, 5.41) is 0. The average molecular weight is 321 g/mol. The molecule has 2 unspecified atom stereocenters. The predicted octanol–water partition coefficient (Wildman–Crippen LogP) is 1.85. The molecule has 4 nitrogen and oxygen atoms in total. The van der Waals surface area contributed by atoms with Gasteiger partial charge in [-0.1, -0.05) is 13.8 Å². The Morgan fingerprint density at radius 2 is 1.95 bits per heavy atom. The third-order valence-electron chi connectivity index (χ3n) is 4.88. The normalized spacial score (nSPS) is 30.4. The second-order valence-corrected chi connectivity index (χ2v) is 7.33. The fraction of sp³-hybridized carbons (Fsp3) is 0.933. The van der Waals surface area contributed by atoms with Gasteiger partial charge in [0, 0.05) is 25.7 Å². The van der Waals surface area contributed by atoms with Crippen LogP contribution in [0.5, 0.6) is 0 Å². The van der Waals surface area contributed by atoms with E-state index in [9.17, 15) is 18.0 Å². The molecule has 0 aromatic carbocycles. The lowest BCUT2D eigenvalue weighted by molar-refractivity contribution is -0.155. The molecule has 0 bridgehead atoms. The third-order valence-corrected chi connectivity index (χ3v) is 4.88. The molecule has 2 saturated heterocycles. The number of likely N-dealkylation sites (tertiary alicyclic amines) is 2. The molecule has 0 aromatic heterocycles. The van der Waals surface area contributed by atoms with Crippen LogP contribution >= 0.6 is 0 Å². The Balaban J connectivity index is 1.94. The Bertz CT molecular complexity index is 411. The van der Waals surface area contributed by atoms with Gasteiger partial charge in [-0.15, -0.1) is 0 Å². The minimum absolute atomic E-state index is 0.00755. The highest BCUT2D eigenvalue weighted by Gasteiger charge is 2.39. The van der Waals surface area contributed by atoms with Crippen molar-refractivity contribution >= 4 is 5.91 Å².